The van der Waals surface area contributed by atoms with Crippen LogP contribution in [0.15, 0.2) is 35.2 Å². The highest BCUT2D eigenvalue weighted by Crippen LogP contribution is 2.15. The van der Waals surface area contributed by atoms with Crippen molar-refractivity contribution in [2.45, 2.75) is 25.9 Å². The molecule has 0 amide bonds. The summed E-state index contributed by atoms with van der Waals surface area (Å²) < 4.78 is 12.8. The van der Waals surface area contributed by atoms with Gasteiger partial charge in [0.15, 0.2) is 0 Å². The van der Waals surface area contributed by atoms with E-state index >= 15 is 0 Å². The van der Waals surface area contributed by atoms with Gasteiger partial charge in [-0.05, 0) is 40.9 Å². The van der Waals surface area contributed by atoms with Crippen LogP contribution in [0.25, 0.3) is 0 Å². The number of hydrogen-bond acceptors (Lipinski definition) is 3. The maximum atomic E-state index is 12.8. The van der Waals surface area contributed by atoms with Crippen LogP contribution in [0.4, 0.5) is 4.39 Å². The van der Waals surface area contributed by atoms with Crippen LogP contribution < -0.4 is 5.32 Å². The molecule has 0 bridgehead atoms. The van der Waals surface area contributed by atoms with Crippen molar-refractivity contribution < 1.29 is 4.39 Å². The predicted octanol–water partition coefficient (Wildman–Crippen LogP) is 3.52. The normalized spacial score (nSPS) is 12.6. The summed E-state index contributed by atoms with van der Waals surface area (Å²) in [6.45, 7) is 2.91. The molecule has 90 valence electrons. The second-order valence-electron chi connectivity index (χ2n) is 3.87. The zero-order valence-corrected chi connectivity index (χ0v) is 10.5. The highest BCUT2D eigenvalue weighted by Gasteiger charge is 2.10. The summed E-state index contributed by atoms with van der Waals surface area (Å²) in [5.74, 6) is -0.290. The second-order valence-corrected chi connectivity index (χ2v) is 4.65. The van der Waals surface area contributed by atoms with E-state index in [1.807, 2.05) is 0 Å². The molecule has 17 heavy (non-hydrogen) atoms. The van der Waals surface area contributed by atoms with E-state index in [1.54, 1.807) is 17.4 Å². The largest absolute Gasteiger partial charge is 0.304 e. The standard InChI is InChI=1S/C13H15FN2S/c1-2-12(13-4-3-11(14)8-16-13)15-7-10-5-6-17-9-10/h3-6,8-9,12,15H,2,7H2,1H3. The Labute approximate surface area is 105 Å². The number of rotatable bonds is 5. The van der Waals surface area contributed by atoms with E-state index in [4.69, 9.17) is 0 Å². The van der Waals surface area contributed by atoms with E-state index in [0.717, 1.165) is 18.7 Å². The Balaban J connectivity index is 1.99. The number of nitrogens with zero attached hydrogens (tertiary/aromatic N) is 1. The molecule has 4 heteroatoms. The minimum atomic E-state index is -0.290. The smallest absolute Gasteiger partial charge is 0.141 e. The summed E-state index contributed by atoms with van der Waals surface area (Å²) in [6, 6.07) is 5.47. The lowest BCUT2D eigenvalue weighted by Gasteiger charge is -2.15. The molecule has 2 nitrogen and oxygen atoms in total. The number of thiophene rings is 1. The fourth-order valence-electron chi connectivity index (χ4n) is 1.69. The van der Waals surface area contributed by atoms with Crippen LogP contribution in [0, 0.1) is 5.82 Å². The molecular weight excluding hydrogens is 235 g/mol. The van der Waals surface area contributed by atoms with Gasteiger partial charge in [-0.2, -0.15) is 11.3 Å². The minimum absolute atomic E-state index is 0.176. The molecule has 2 heterocycles. The molecule has 0 fully saturated rings. The van der Waals surface area contributed by atoms with Crippen LogP contribution in [-0.4, -0.2) is 4.98 Å². The van der Waals surface area contributed by atoms with E-state index in [9.17, 15) is 4.39 Å². The highest BCUT2D eigenvalue weighted by molar-refractivity contribution is 7.07. The van der Waals surface area contributed by atoms with Crippen molar-refractivity contribution in [2.75, 3.05) is 0 Å². The molecular formula is C13H15FN2S. The molecule has 0 spiro atoms. The van der Waals surface area contributed by atoms with E-state index in [-0.39, 0.29) is 11.9 Å². The summed E-state index contributed by atoms with van der Waals surface area (Å²) in [5, 5.41) is 7.62. The van der Waals surface area contributed by atoms with Crippen LogP contribution in [0.5, 0.6) is 0 Å². The topological polar surface area (TPSA) is 24.9 Å². The first-order valence-corrected chi connectivity index (χ1v) is 6.59. The lowest BCUT2D eigenvalue weighted by molar-refractivity contribution is 0.504. The van der Waals surface area contributed by atoms with Gasteiger partial charge in [0, 0.05) is 12.6 Å². The van der Waals surface area contributed by atoms with E-state index in [1.165, 1.54) is 17.8 Å². The van der Waals surface area contributed by atoms with Gasteiger partial charge in [-0.3, -0.25) is 4.98 Å². The third-order valence-corrected chi connectivity index (χ3v) is 3.38. The van der Waals surface area contributed by atoms with Crippen molar-refractivity contribution in [2.24, 2.45) is 0 Å². The number of aromatic nitrogens is 1. The van der Waals surface area contributed by atoms with Gasteiger partial charge < -0.3 is 5.32 Å². The SMILES string of the molecule is CCC(NCc1ccsc1)c1ccc(F)cn1. The van der Waals surface area contributed by atoms with Crippen LogP contribution in [-0.2, 0) is 6.54 Å². The molecule has 2 aromatic heterocycles. The van der Waals surface area contributed by atoms with Crippen molar-refractivity contribution in [3.05, 3.63) is 52.2 Å². The maximum Gasteiger partial charge on any atom is 0.141 e. The second kappa shape index (κ2) is 5.89. The fraction of sp³-hybridized carbons (Fsp3) is 0.308. The lowest BCUT2D eigenvalue weighted by atomic mass is 10.1. The zero-order valence-electron chi connectivity index (χ0n) is 9.69. The minimum Gasteiger partial charge on any atom is -0.304 e. The number of pyridine rings is 1. The Morgan fingerprint density at radius 2 is 2.29 bits per heavy atom. The van der Waals surface area contributed by atoms with Crippen LogP contribution in [0.3, 0.4) is 0 Å². The zero-order chi connectivity index (χ0) is 12.1. The molecule has 0 radical (unpaired) electrons. The lowest BCUT2D eigenvalue weighted by Crippen LogP contribution is -2.20. The van der Waals surface area contributed by atoms with Gasteiger partial charge >= 0.3 is 0 Å². The van der Waals surface area contributed by atoms with Crippen molar-refractivity contribution in [1.29, 1.82) is 0 Å². The third-order valence-electron chi connectivity index (χ3n) is 2.65. The van der Waals surface area contributed by atoms with Gasteiger partial charge in [-0.15, -0.1) is 0 Å². The average Bonchev–Trinajstić information content (AvgIpc) is 2.85. The first-order chi connectivity index (χ1) is 8.29. The van der Waals surface area contributed by atoms with E-state index < -0.39 is 0 Å². The Morgan fingerprint density at radius 3 is 2.88 bits per heavy atom. The maximum absolute atomic E-state index is 12.8. The van der Waals surface area contributed by atoms with Gasteiger partial charge in [-0.25, -0.2) is 4.39 Å². The average molecular weight is 250 g/mol. The highest BCUT2D eigenvalue weighted by atomic mass is 32.1. The van der Waals surface area contributed by atoms with Gasteiger partial charge in [0.25, 0.3) is 0 Å². The van der Waals surface area contributed by atoms with Crippen LogP contribution in [0.1, 0.15) is 30.6 Å². The summed E-state index contributed by atoms with van der Waals surface area (Å²) in [7, 11) is 0. The molecule has 1 unspecified atom stereocenters. The van der Waals surface area contributed by atoms with Crippen molar-refractivity contribution in [3.8, 4) is 0 Å². The summed E-state index contributed by atoms with van der Waals surface area (Å²) in [6.07, 6.45) is 2.20. The molecule has 2 rings (SSSR count). The van der Waals surface area contributed by atoms with Gasteiger partial charge in [0.1, 0.15) is 5.82 Å². The molecule has 1 N–H and O–H groups in total. The quantitative estimate of drug-likeness (QED) is 0.878. The predicted molar refractivity (Wildman–Crippen MR) is 68.4 cm³/mol. The first-order valence-electron chi connectivity index (χ1n) is 5.65. The number of halogens is 1. The monoisotopic (exact) mass is 250 g/mol. The van der Waals surface area contributed by atoms with Crippen molar-refractivity contribution >= 4 is 11.3 Å². The number of nitrogens with one attached hydrogen (secondary N) is 1. The molecule has 0 aliphatic carbocycles. The molecule has 2 aromatic rings. The van der Waals surface area contributed by atoms with Gasteiger partial charge in [-0.1, -0.05) is 6.92 Å². The summed E-state index contributed by atoms with van der Waals surface area (Å²) in [4.78, 5) is 4.11. The fourth-order valence-corrected chi connectivity index (χ4v) is 2.35. The third kappa shape index (κ3) is 3.35. The molecule has 0 saturated carbocycles. The first kappa shape index (κ1) is 12.2. The number of hydrogen-bond donors (Lipinski definition) is 1. The van der Waals surface area contributed by atoms with E-state index in [0.29, 0.717) is 0 Å². The Hall–Kier alpha value is -1.26. The molecule has 0 saturated heterocycles. The summed E-state index contributed by atoms with van der Waals surface area (Å²) >= 11 is 1.69. The molecule has 0 aromatic carbocycles. The molecule has 0 aliphatic heterocycles. The Kier molecular flexibility index (Phi) is 4.23. The Morgan fingerprint density at radius 1 is 1.41 bits per heavy atom. The van der Waals surface area contributed by atoms with Crippen molar-refractivity contribution in [3.63, 3.8) is 0 Å². The molecule has 0 aliphatic rings. The van der Waals surface area contributed by atoms with E-state index in [2.05, 4.69) is 34.1 Å². The summed E-state index contributed by atoms with van der Waals surface area (Å²) in [5.41, 5.74) is 2.17. The van der Waals surface area contributed by atoms with Crippen molar-refractivity contribution in [1.82, 2.24) is 10.3 Å². The van der Waals surface area contributed by atoms with Gasteiger partial charge in [0.2, 0.25) is 0 Å². The Bertz CT molecular complexity index is 439. The van der Waals surface area contributed by atoms with Crippen LogP contribution in [0.2, 0.25) is 0 Å². The molecule has 1 atom stereocenters. The van der Waals surface area contributed by atoms with Gasteiger partial charge in [0.05, 0.1) is 11.9 Å². The van der Waals surface area contributed by atoms with Crippen LogP contribution >= 0.6 is 11.3 Å².